The second kappa shape index (κ2) is 5.46. The summed E-state index contributed by atoms with van der Waals surface area (Å²) in [6.07, 6.45) is 4.13. The van der Waals surface area contributed by atoms with Gasteiger partial charge in [-0.15, -0.1) is 0 Å². The summed E-state index contributed by atoms with van der Waals surface area (Å²) in [6, 6.07) is 3.82. The predicted octanol–water partition coefficient (Wildman–Crippen LogP) is 0.287. The van der Waals surface area contributed by atoms with Crippen LogP contribution in [0.3, 0.4) is 0 Å². The molecule has 0 aliphatic carbocycles. The highest BCUT2D eigenvalue weighted by atomic mass is 16.2. The molecule has 1 atom stereocenters. The van der Waals surface area contributed by atoms with E-state index in [2.05, 4.69) is 4.98 Å². The highest BCUT2D eigenvalue weighted by Crippen LogP contribution is 2.08. The fraction of sp³-hybridized carbons (Fsp3) is 0.455. The van der Waals surface area contributed by atoms with Crippen molar-refractivity contribution in [1.82, 2.24) is 9.88 Å². The number of nitrogens with zero attached hydrogens (tertiary/aromatic N) is 2. The lowest BCUT2D eigenvalue weighted by atomic mass is 9.99. The van der Waals surface area contributed by atoms with Crippen LogP contribution < -0.4 is 5.73 Å². The molecule has 2 N–H and O–H groups in total. The molecule has 0 saturated carbocycles. The lowest BCUT2D eigenvalue weighted by Gasteiger charge is -2.18. The van der Waals surface area contributed by atoms with E-state index < -0.39 is 0 Å². The second-order valence-corrected chi connectivity index (χ2v) is 3.72. The topological polar surface area (TPSA) is 59.2 Å². The van der Waals surface area contributed by atoms with Crippen molar-refractivity contribution in [2.45, 2.75) is 6.42 Å². The van der Waals surface area contributed by atoms with Gasteiger partial charge in [0, 0.05) is 33.0 Å². The summed E-state index contributed by atoms with van der Waals surface area (Å²) in [7, 11) is 3.50. The Hall–Kier alpha value is -1.42. The molecule has 1 unspecified atom stereocenters. The van der Waals surface area contributed by atoms with Gasteiger partial charge in [0.05, 0.1) is 5.92 Å². The van der Waals surface area contributed by atoms with Crippen LogP contribution in [0.15, 0.2) is 24.5 Å². The van der Waals surface area contributed by atoms with E-state index in [-0.39, 0.29) is 11.8 Å². The second-order valence-electron chi connectivity index (χ2n) is 3.72. The Morgan fingerprint density at radius 1 is 1.47 bits per heavy atom. The average molecular weight is 207 g/mol. The molecule has 1 heterocycles. The van der Waals surface area contributed by atoms with Crippen molar-refractivity contribution in [3.63, 3.8) is 0 Å². The van der Waals surface area contributed by atoms with Crippen molar-refractivity contribution in [3.8, 4) is 0 Å². The van der Waals surface area contributed by atoms with Crippen LogP contribution in [0.5, 0.6) is 0 Å². The third-order valence-corrected chi connectivity index (χ3v) is 2.31. The molecule has 0 aliphatic heterocycles. The molecule has 1 aromatic rings. The maximum Gasteiger partial charge on any atom is 0.226 e. The Morgan fingerprint density at radius 3 is 2.53 bits per heavy atom. The summed E-state index contributed by atoms with van der Waals surface area (Å²) in [5.74, 6) is -0.0586. The first-order valence-electron chi connectivity index (χ1n) is 4.95. The normalized spacial score (nSPS) is 12.2. The molecule has 4 heteroatoms. The zero-order chi connectivity index (χ0) is 11.3. The number of carbonyl (C=O) groups excluding carboxylic acids is 1. The fourth-order valence-corrected chi connectivity index (χ4v) is 1.44. The van der Waals surface area contributed by atoms with Gasteiger partial charge in [0.1, 0.15) is 0 Å². The molecular weight excluding hydrogens is 190 g/mol. The van der Waals surface area contributed by atoms with Gasteiger partial charge in [-0.1, -0.05) is 0 Å². The monoisotopic (exact) mass is 207 g/mol. The summed E-state index contributed by atoms with van der Waals surface area (Å²) in [4.78, 5) is 17.2. The van der Waals surface area contributed by atoms with Gasteiger partial charge in [-0.05, 0) is 24.1 Å². The standard InChI is InChI=1S/C11H17N3O/c1-14(2)11(15)10(8-12)7-9-3-5-13-6-4-9/h3-6,10H,7-8,12H2,1-2H3. The van der Waals surface area contributed by atoms with Gasteiger partial charge in [-0.3, -0.25) is 9.78 Å². The molecule has 1 rings (SSSR count). The van der Waals surface area contributed by atoms with Crippen LogP contribution in [0.4, 0.5) is 0 Å². The quantitative estimate of drug-likeness (QED) is 0.772. The number of hydrogen-bond acceptors (Lipinski definition) is 3. The van der Waals surface area contributed by atoms with E-state index in [1.54, 1.807) is 31.4 Å². The summed E-state index contributed by atoms with van der Waals surface area (Å²) < 4.78 is 0. The van der Waals surface area contributed by atoms with Crippen LogP contribution in [0.2, 0.25) is 0 Å². The molecule has 0 bridgehead atoms. The minimum atomic E-state index is -0.137. The molecule has 4 nitrogen and oxygen atoms in total. The van der Waals surface area contributed by atoms with E-state index >= 15 is 0 Å². The maximum absolute atomic E-state index is 11.7. The molecule has 82 valence electrons. The van der Waals surface area contributed by atoms with Gasteiger partial charge in [-0.2, -0.15) is 0 Å². The summed E-state index contributed by atoms with van der Waals surface area (Å²) in [5.41, 5.74) is 6.69. The van der Waals surface area contributed by atoms with Crippen LogP contribution >= 0.6 is 0 Å². The first-order valence-corrected chi connectivity index (χ1v) is 4.95. The van der Waals surface area contributed by atoms with Crippen molar-refractivity contribution in [3.05, 3.63) is 30.1 Å². The Labute approximate surface area is 90.1 Å². The third kappa shape index (κ3) is 3.32. The number of carbonyl (C=O) groups is 1. The van der Waals surface area contributed by atoms with Gasteiger partial charge in [0.2, 0.25) is 5.91 Å². The molecule has 0 saturated heterocycles. The van der Waals surface area contributed by atoms with E-state index in [1.807, 2.05) is 12.1 Å². The summed E-state index contributed by atoms with van der Waals surface area (Å²) >= 11 is 0. The number of aromatic nitrogens is 1. The van der Waals surface area contributed by atoms with Crippen LogP contribution in [0.1, 0.15) is 5.56 Å². The zero-order valence-corrected chi connectivity index (χ0v) is 9.18. The smallest absolute Gasteiger partial charge is 0.226 e. The predicted molar refractivity (Wildman–Crippen MR) is 59.2 cm³/mol. The fourth-order valence-electron chi connectivity index (χ4n) is 1.44. The highest BCUT2D eigenvalue weighted by Gasteiger charge is 2.18. The van der Waals surface area contributed by atoms with Crippen molar-refractivity contribution in [1.29, 1.82) is 0 Å². The maximum atomic E-state index is 11.7. The Balaban J connectivity index is 2.66. The molecule has 15 heavy (non-hydrogen) atoms. The van der Waals surface area contributed by atoms with Crippen molar-refractivity contribution < 1.29 is 4.79 Å². The van der Waals surface area contributed by atoms with Crippen LogP contribution in [0, 0.1) is 5.92 Å². The number of rotatable bonds is 4. The summed E-state index contributed by atoms with van der Waals surface area (Å²) in [5, 5.41) is 0. The van der Waals surface area contributed by atoms with Gasteiger partial charge < -0.3 is 10.6 Å². The van der Waals surface area contributed by atoms with Gasteiger partial charge in [0.15, 0.2) is 0 Å². The average Bonchev–Trinajstić information content (AvgIpc) is 2.26. The number of amides is 1. The van der Waals surface area contributed by atoms with Gasteiger partial charge in [-0.25, -0.2) is 0 Å². The molecule has 0 aromatic carbocycles. The van der Waals surface area contributed by atoms with Gasteiger partial charge >= 0.3 is 0 Å². The van der Waals surface area contributed by atoms with E-state index in [0.29, 0.717) is 13.0 Å². The molecule has 1 aromatic heterocycles. The molecular formula is C11H17N3O. The Morgan fingerprint density at radius 2 is 2.07 bits per heavy atom. The molecule has 0 aliphatic rings. The van der Waals surface area contributed by atoms with E-state index in [4.69, 9.17) is 5.73 Å². The Bertz CT molecular complexity index is 311. The molecule has 1 amide bonds. The summed E-state index contributed by atoms with van der Waals surface area (Å²) in [6.45, 7) is 0.374. The number of nitrogens with two attached hydrogens (primary N) is 1. The van der Waals surface area contributed by atoms with Crippen molar-refractivity contribution in [2.75, 3.05) is 20.6 Å². The lowest BCUT2D eigenvalue weighted by Crippen LogP contribution is -2.35. The minimum Gasteiger partial charge on any atom is -0.349 e. The number of hydrogen-bond donors (Lipinski definition) is 1. The first-order chi connectivity index (χ1) is 7.15. The highest BCUT2D eigenvalue weighted by molar-refractivity contribution is 5.78. The molecule has 0 radical (unpaired) electrons. The minimum absolute atomic E-state index is 0.0781. The lowest BCUT2D eigenvalue weighted by molar-refractivity contribution is -0.132. The van der Waals surface area contributed by atoms with Crippen LogP contribution in [-0.4, -0.2) is 36.4 Å². The largest absolute Gasteiger partial charge is 0.349 e. The molecule has 0 fully saturated rings. The first kappa shape index (κ1) is 11.7. The SMILES string of the molecule is CN(C)C(=O)C(CN)Cc1ccncc1. The van der Waals surface area contributed by atoms with E-state index in [0.717, 1.165) is 5.56 Å². The van der Waals surface area contributed by atoms with Crippen molar-refractivity contribution in [2.24, 2.45) is 11.7 Å². The van der Waals surface area contributed by atoms with Crippen molar-refractivity contribution >= 4 is 5.91 Å². The van der Waals surface area contributed by atoms with E-state index in [9.17, 15) is 4.79 Å². The van der Waals surface area contributed by atoms with Crippen LogP contribution in [0.25, 0.3) is 0 Å². The third-order valence-electron chi connectivity index (χ3n) is 2.31. The van der Waals surface area contributed by atoms with Gasteiger partial charge in [0.25, 0.3) is 0 Å². The number of pyridine rings is 1. The Kier molecular flexibility index (Phi) is 4.24. The van der Waals surface area contributed by atoms with Crippen LogP contribution in [-0.2, 0) is 11.2 Å². The zero-order valence-electron chi connectivity index (χ0n) is 9.18. The molecule has 0 spiro atoms. The van der Waals surface area contributed by atoms with E-state index in [1.165, 1.54) is 0 Å².